The van der Waals surface area contributed by atoms with Gasteiger partial charge in [0.2, 0.25) is 0 Å². The minimum Gasteiger partial charge on any atom is -0.462 e. The Bertz CT molecular complexity index is 348. The Hall–Kier alpha value is -0.790. The summed E-state index contributed by atoms with van der Waals surface area (Å²) < 4.78 is 5.25. The van der Waals surface area contributed by atoms with Crippen LogP contribution in [0.5, 0.6) is 0 Å². The van der Waals surface area contributed by atoms with Crippen molar-refractivity contribution in [2.75, 3.05) is 6.61 Å². The standard InChI is InChI=1S/C26H50O2/c1-4-6-7-8-9-10-11-12-13-14-15-16-17-18-19-20-21-22-24-28-26(27)25(3)23-5-2/h3-24H2,1-2H3. The second-order valence-electron chi connectivity index (χ2n) is 8.50. The van der Waals surface area contributed by atoms with Crippen LogP contribution in [0.2, 0.25) is 0 Å². The van der Waals surface area contributed by atoms with E-state index in [0.717, 1.165) is 19.3 Å². The molecule has 0 saturated heterocycles. The van der Waals surface area contributed by atoms with Crippen molar-refractivity contribution in [2.45, 2.75) is 142 Å². The highest BCUT2D eigenvalue weighted by molar-refractivity contribution is 5.87. The lowest BCUT2D eigenvalue weighted by Gasteiger charge is -2.06. The Balaban J connectivity index is 3.12. The molecule has 2 heteroatoms. The van der Waals surface area contributed by atoms with Gasteiger partial charge in [0.05, 0.1) is 6.61 Å². The fourth-order valence-corrected chi connectivity index (χ4v) is 3.67. The average Bonchev–Trinajstić information content (AvgIpc) is 2.69. The molecule has 0 heterocycles. The Kier molecular flexibility index (Phi) is 21.9. The molecule has 0 atom stereocenters. The zero-order valence-corrected chi connectivity index (χ0v) is 19.4. The van der Waals surface area contributed by atoms with E-state index in [0.29, 0.717) is 12.2 Å². The van der Waals surface area contributed by atoms with Gasteiger partial charge in [0.25, 0.3) is 0 Å². The summed E-state index contributed by atoms with van der Waals surface area (Å²) in [5.74, 6) is -0.200. The molecule has 0 aliphatic carbocycles. The van der Waals surface area contributed by atoms with Crippen molar-refractivity contribution in [3.05, 3.63) is 12.2 Å². The Morgan fingerprint density at radius 3 is 1.29 bits per heavy atom. The first-order chi connectivity index (χ1) is 13.7. The first-order valence-corrected chi connectivity index (χ1v) is 12.6. The van der Waals surface area contributed by atoms with E-state index in [1.165, 1.54) is 109 Å². The molecule has 0 spiro atoms. The predicted molar refractivity (Wildman–Crippen MR) is 124 cm³/mol. The summed E-state index contributed by atoms with van der Waals surface area (Å²) >= 11 is 0. The van der Waals surface area contributed by atoms with Gasteiger partial charge in [-0.15, -0.1) is 0 Å². The molecular weight excluding hydrogens is 344 g/mol. The summed E-state index contributed by atoms with van der Waals surface area (Å²) in [5, 5.41) is 0. The minimum absolute atomic E-state index is 0.200. The molecule has 0 bridgehead atoms. The van der Waals surface area contributed by atoms with Crippen LogP contribution in [-0.4, -0.2) is 12.6 Å². The summed E-state index contributed by atoms with van der Waals surface area (Å²) in [6, 6.07) is 0. The molecule has 2 nitrogen and oxygen atoms in total. The van der Waals surface area contributed by atoms with E-state index in [1.54, 1.807) is 0 Å². The van der Waals surface area contributed by atoms with Gasteiger partial charge in [0, 0.05) is 5.57 Å². The van der Waals surface area contributed by atoms with Gasteiger partial charge in [-0.1, -0.05) is 136 Å². The van der Waals surface area contributed by atoms with Crippen LogP contribution in [0.1, 0.15) is 142 Å². The Morgan fingerprint density at radius 2 is 0.929 bits per heavy atom. The summed E-state index contributed by atoms with van der Waals surface area (Å²) in [7, 11) is 0. The molecule has 166 valence electrons. The van der Waals surface area contributed by atoms with Gasteiger partial charge in [-0.3, -0.25) is 0 Å². The molecule has 0 aromatic carbocycles. The summed E-state index contributed by atoms with van der Waals surface area (Å²) in [6.45, 7) is 8.66. The number of rotatable bonds is 22. The van der Waals surface area contributed by atoms with Gasteiger partial charge >= 0.3 is 5.97 Å². The Morgan fingerprint density at radius 1 is 0.571 bits per heavy atom. The van der Waals surface area contributed by atoms with E-state index in [1.807, 2.05) is 0 Å². The molecule has 0 unspecified atom stereocenters. The van der Waals surface area contributed by atoms with Crippen LogP contribution < -0.4 is 0 Å². The van der Waals surface area contributed by atoms with Crippen LogP contribution >= 0.6 is 0 Å². The number of carbonyl (C=O) groups excluding carboxylic acids is 1. The van der Waals surface area contributed by atoms with Gasteiger partial charge in [0.15, 0.2) is 0 Å². The number of carbonyl (C=O) groups is 1. The first-order valence-electron chi connectivity index (χ1n) is 12.6. The van der Waals surface area contributed by atoms with Crippen LogP contribution in [0.4, 0.5) is 0 Å². The van der Waals surface area contributed by atoms with Gasteiger partial charge in [-0.2, -0.15) is 0 Å². The number of hydrogen-bond donors (Lipinski definition) is 0. The van der Waals surface area contributed by atoms with E-state index < -0.39 is 0 Å². The van der Waals surface area contributed by atoms with Crippen molar-refractivity contribution in [3.63, 3.8) is 0 Å². The lowest BCUT2D eigenvalue weighted by atomic mass is 10.0. The molecule has 0 fully saturated rings. The van der Waals surface area contributed by atoms with Crippen LogP contribution in [0, 0.1) is 0 Å². The fraction of sp³-hybridized carbons (Fsp3) is 0.885. The second kappa shape index (κ2) is 22.5. The third kappa shape index (κ3) is 20.0. The molecule has 28 heavy (non-hydrogen) atoms. The molecule has 0 saturated carbocycles. The van der Waals surface area contributed by atoms with Gasteiger partial charge in [-0.25, -0.2) is 4.79 Å². The summed E-state index contributed by atoms with van der Waals surface area (Å²) in [6.07, 6.45) is 26.4. The first kappa shape index (κ1) is 27.2. The van der Waals surface area contributed by atoms with Crippen molar-refractivity contribution in [1.29, 1.82) is 0 Å². The molecule has 0 aromatic rings. The number of hydrogen-bond acceptors (Lipinski definition) is 2. The smallest absolute Gasteiger partial charge is 0.333 e. The average molecular weight is 395 g/mol. The molecule has 0 rings (SSSR count). The molecule has 0 aliphatic rings. The number of ether oxygens (including phenoxy) is 1. The lowest BCUT2D eigenvalue weighted by molar-refractivity contribution is -0.139. The lowest BCUT2D eigenvalue weighted by Crippen LogP contribution is -2.08. The zero-order chi connectivity index (χ0) is 20.7. The SMILES string of the molecule is C=C(CCC)C(=O)OCCCCCCCCCCCCCCCCCCCC. The highest BCUT2D eigenvalue weighted by Crippen LogP contribution is 2.14. The molecular formula is C26H50O2. The molecule has 0 aliphatic heterocycles. The number of unbranched alkanes of at least 4 members (excludes halogenated alkanes) is 17. The molecule has 0 amide bonds. The quantitative estimate of drug-likeness (QED) is 0.104. The van der Waals surface area contributed by atoms with Crippen molar-refractivity contribution in [2.24, 2.45) is 0 Å². The van der Waals surface area contributed by atoms with Crippen molar-refractivity contribution in [1.82, 2.24) is 0 Å². The predicted octanol–water partition coefficient (Wildman–Crippen LogP) is 8.93. The molecule has 0 N–H and O–H groups in total. The van der Waals surface area contributed by atoms with Crippen LogP contribution in [-0.2, 0) is 9.53 Å². The largest absolute Gasteiger partial charge is 0.462 e. The maximum absolute atomic E-state index is 11.6. The summed E-state index contributed by atoms with van der Waals surface area (Å²) in [5.41, 5.74) is 0.616. The zero-order valence-electron chi connectivity index (χ0n) is 19.4. The second-order valence-corrected chi connectivity index (χ2v) is 8.50. The molecule has 0 aromatic heterocycles. The minimum atomic E-state index is -0.200. The van der Waals surface area contributed by atoms with Crippen LogP contribution in [0.3, 0.4) is 0 Å². The Labute approximate surface area is 176 Å². The highest BCUT2D eigenvalue weighted by Gasteiger charge is 2.06. The third-order valence-corrected chi connectivity index (χ3v) is 5.57. The van der Waals surface area contributed by atoms with Crippen LogP contribution in [0.15, 0.2) is 12.2 Å². The summed E-state index contributed by atoms with van der Waals surface area (Å²) in [4.78, 5) is 11.6. The van der Waals surface area contributed by atoms with E-state index >= 15 is 0 Å². The van der Waals surface area contributed by atoms with Gasteiger partial charge < -0.3 is 4.74 Å². The van der Waals surface area contributed by atoms with Crippen molar-refractivity contribution >= 4 is 5.97 Å². The van der Waals surface area contributed by atoms with E-state index in [4.69, 9.17) is 4.74 Å². The maximum atomic E-state index is 11.6. The molecule has 0 radical (unpaired) electrons. The topological polar surface area (TPSA) is 26.3 Å². The van der Waals surface area contributed by atoms with E-state index in [9.17, 15) is 4.79 Å². The van der Waals surface area contributed by atoms with E-state index in [2.05, 4.69) is 20.4 Å². The third-order valence-electron chi connectivity index (χ3n) is 5.57. The van der Waals surface area contributed by atoms with Gasteiger partial charge in [-0.05, 0) is 12.8 Å². The highest BCUT2D eigenvalue weighted by atomic mass is 16.5. The van der Waals surface area contributed by atoms with E-state index in [-0.39, 0.29) is 5.97 Å². The fourth-order valence-electron chi connectivity index (χ4n) is 3.67. The number of esters is 1. The van der Waals surface area contributed by atoms with Crippen LogP contribution in [0.25, 0.3) is 0 Å². The van der Waals surface area contributed by atoms with Gasteiger partial charge in [0.1, 0.15) is 0 Å². The van der Waals surface area contributed by atoms with Crippen molar-refractivity contribution in [3.8, 4) is 0 Å². The monoisotopic (exact) mass is 394 g/mol. The van der Waals surface area contributed by atoms with Crippen molar-refractivity contribution < 1.29 is 9.53 Å². The maximum Gasteiger partial charge on any atom is 0.333 e. The normalized spacial score (nSPS) is 10.9.